The maximum absolute atomic E-state index is 14.4. The summed E-state index contributed by atoms with van der Waals surface area (Å²) in [6.45, 7) is 1.98. The number of ether oxygens (including phenoxy) is 2. The molecule has 3 rings (SSSR count). The number of benzene rings is 1. The fraction of sp³-hybridized carbons (Fsp3) is 0.409. The Kier molecular flexibility index (Phi) is 7.31. The number of rotatable bonds is 6. The SMILES string of the molecule is CONC(=O)c1cc(NC(=O)C2OC(C)(C(F)(F)F)C(C)C2c2ccc(F)c(F)c2OC)ccn1. The number of carbonyl (C=O) groups excluding carboxylic acids is 2. The number of carbonyl (C=O) groups is 2. The molecule has 4 unspecified atom stereocenters. The first-order valence-corrected chi connectivity index (χ1v) is 10.2. The average molecular weight is 503 g/mol. The number of nitrogens with zero attached hydrogens (tertiary/aromatic N) is 1. The molecule has 190 valence electrons. The lowest BCUT2D eigenvalue weighted by atomic mass is 9.77. The van der Waals surface area contributed by atoms with Crippen molar-refractivity contribution in [2.45, 2.75) is 37.6 Å². The van der Waals surface area contributed by atoms with Crippen LogP contribution in [0.5, 0.6) is 5.75 Å². The molecule has 1 aliphatic rings. The van der Waals surface area contributed by atoms with Crippen LogP contribution in [0.1, 0.15) is 35.8 Å². The number of hydrogen-bond acceptors (Lipinski definition) is 6. The van der Waals surface area contributed by atoms with Gasteiger partial charge in [0, 0.05) is 29.3 Å². The van der Waals surface area contributed by atoms with Crippen LogP contribution in [0.4, 0.5) is 27.6 Å². The molecule has 2 heterocycles. The molecular formula is C22H22F5N3O5. The van der Waals surface area contributed by atoms with Crippen molar-refractivity contribution in [1.82, 2.24) is 10.5 Å². The molecule has 1 saturated heterocycles. The monoisotopic (exact) mass is 503 g/mol. The van der Waals surface area contributed by atoms with E-state index in [1.807, 2.05) is 5.48 Å². The van der Waals surface area contributed by atoms with E-state index in [1.165, 1.54) is 32.4 Å². The first-order chi connectivity index (χ1) is 16.4. The minimum Gasteiger partial charge on any atom is -0.493 e. The van der Waals surface area contributed by atoms with Crippen molar-refractivity contribution in [2.24, 2.45) is 5.92 Å². The van der Waals surface area contributed by atoms with Gasteiger partial charge in [0.05, 0.1) is 14.2 Å². The van der Waals surface area contributed by atoms with Crippen LogP contribution in [0.15, 0.2) is 30.5 Å². The van der Waals surface area contributed by atoms with Gasteiger partial charge >= 0.3 is 6.18 Å². The number of halogens is 5. The first kappa shape index (κ1) is 26.3. The Morgan fingerprint density at radius 3 is 2.46 bits per heavy atom. The normalized spacial score (nSPS) is 24.2. The van der Waals surface area contributed by atoms with Gasteiger partial charge in [-0.3, -0.25) is 19.4 Å². The van der Waals surface area contributed by atoms with E-state index in [1.54, 1.807) is 0 Å². The minimum atomic E-state index is -4.90. The fourth-order valence-corrected chi connectivity index (χ4v) is 4.03. The van der Waals surface area contributed by atoms with Crippen molar-refractivity contribution in [3.8, 4) is 5.75 Å². The highest BCUT2D eigenvalue weighted by Crippen LogP contribution is 2.55. The Balaban J connectivity index is 2.03. The standard InChI is InChI=1S/C22H22F5N3O5/c1-10-15(12-5-6-13(23)16(24)17(12)33-3)18(35-21(10,2)22(25,26)27)20(32)29-11-7-8-28-14(9-11)19(31)30-34-4/h5-10,15,18H,1-4H3,(H,30,31)(H,28,29,32). The summed E-state index contributed by atoms with van der Waals surface area (Å²) in [5.74, 6) is -7.82. The van der Waals surface area contributed by atoms with Crippen LogP contribution in [0.2, 0.25) is 0 Å². The zero-order chi connectivity index (χ0) is 26.1. The van der Waals surface area contributed by atoms with Crippen LogP contribution in [0.3, 0.4) is 0 Å². The second-order valence-electron chi connectivity index (χ2n) is 8.00. The van der Waals surface area contributed by atoms with E-state index in [-0.39, 0.29) is 16.9 Å². The lowest BCUT2D eigenvalue weighted by molar-refractivity contribution is -0.272. The topological polar surface area (TPSA) is 98.8 Å². The van der Waals surface area contributed by atoms with Crippen molar-refractivity contribution in [2.75, 3.05) is 19.5 Å². The Morgan fingerprint density at radius 1 is 1.17 bits per heavy atom. The molecule has 1 aliphatic heterocycles. The molecule has 4 atom stereocenters. The van der Waals surface area contributed by atoms with E-state index in [0.717, 1.165) is 26.2 Å². The van der Waals surface area contributed by atoms with E-state index >= 15 is 0 Å². The molecule has 0 spiro atoms. The fourth-order valence-electron chi connectivity index (χ4n) is 4.03. The molecule has 13 heteroatoms. The summed E-state index contributed by atoms with van der Waals surface area (Å²) in [6.07, 6.45) is -5.48. The predicted molar refractivity (Wildman–Crippen MR) is 111 cm³/mol. The zero-order valence-corrected chi connectivity index (χ0v) is 19.0. The molecule has 1 aromatic carbocycles. The molecule has 2 amide bonds. The van der Waals surface area contributed by atoms with E-state index in [2.05, 4.69) is 15.1 Å². The number of methoxy groups -OCH3 is 1. The van der Waals surface area contributed by atoms with Crippen molar-refractivity contribution in [1.29, 1.82) is 0 Å². The lowest BCUT2D eigenvalue weighted by Crippen LogP contribution is -2.47. The quantitative estimate of drug-likeness (QED) is 0.461. The molecule has 35 heavy (non-hydrogen) atoms. The van der Waals surface area contributed by atoms with Gasteiger partial charge in [-0.25, -0.2) is 9.87 Å². The molecule has 1 fully saturated rings. The number of hydrogen-bond donors (Lipinski definition) is 2. The highest BCUT2D eigenvalue weighted by Gasteiger charge is 2.65. The van der Waals surface area contributed by atoms with Crippen molar-refractivity contribution >= 4 is 17.5 Å². The number of alkyl halides is 3. The van der Waals surface area contributed by atoms with Crippen LogP contribution in [0, 0.1) is 17.6 Å². The van der Waals surface area contributed by atoms with Gasteiger partial charge in [0.2, 0.25) is 5.82 Å². The lowest BCUT2D eigenvalue weighted by Gasteiger charge is -2.32. The van der Waals surface area contributed by atoms with Gasteiger partial charge in [0.25, 0.3) is 11.8 Å². The summed E-state index contributed by atoms with van der Waals surface area (Å²) in [5.41, 5.74) is -1.04. The van der Waals surface area contributed by atoms with Crippen LogP contribution >= 0.6 is 0 Å². The molecule has 1 aromatic heterocycles. The third-order valence-corrected chi connectivity index (χ3v) is 6.03. The highest BCUT2D eigenvalue weighted by molar-refractivity contribution is 5.97. The molecule has 0 aliphatic carbocycles. The second-order valence-corrected chi connectivity index (χ2v) is 8.00. The van der Waals surface area contributed by atoms with Gasteiger partial charge in [0.1, 0.15) is 11.8 Å². The maximum Gasteiger partial charge on any atom is 0.417 e. The number of anilines is 1. The van der Waals surface area contributed by atoms with E-state index in [9.17, 15) is 31.5 Å². The van der Waals surface area contributed by atoms with E-state index < -0.39 is 58.9 Å². The van der Waals surface area contributed by atoms with Crippen molar-refractivity contribution in [3.05, 3.63) is 53.4 Å². The summed E-state index contributed by atoms with van der Waals surface area (Å²) in [6, 6.07) is 4.27. The highest BCUT2D eigenvalue weighted by atomic mass is 19.4. The average Bonchev–Trinajstić information content (AvgIpc) is 3.08. The van der Waals surface area contributed by atoms with E-state index in [0.29, 0.717) is 0 Å². The van der Waals surface area contributed by atoms with Gasteiger partial charge in [0.15, 0.2) is 17.2 Å². The van der Waals surface area contributed by atoms with Crippen LogP contribution in [-0.2, 0) is 14.4 Å². The molecule has 2 N–H and O–H groups in total. The van der Waals surface area contributed by atoms with Gasteiger partial charge in [-0.2, -0.15) is 17.6 Å². The summed E-state index contributed by atoms with van der Waals surface area (Å²) >= 11 is 0. The molecular weight excluding hydrogens is 481 g/mol. The summed E-state index contributed by atoms with van der Waals surface area (Å²) in [4.78, 5) is 33.4. The van der Waals surface area contributed by atoms with Gasteiger partial charge < -0.3 is 14.8 Å². The second kappa shape index (κ2) is 9.74. The van der Waals surface area contributed by atoms with Gasteiger partial charge in [-0.05, 0) is 25.1 Å². The van der Waals surface area contributed by atoms with Crippen LogP contribution < -0.4 is 15.5 Å². The maximum atomic E-state index is 14.4. The summed E-state index contributed by atoms with van der Waals surface area (Å²) in [5, 5.41) is 2.39. The Labute approximate surface area is 196 Å². The number of hydroxylamine groups is 1. The zero-order valence-electron chi connectivity index (χ0n) is 19.0. The van der Waals surface area contributed by atoms with E-state index in [4.69, 9.17) is 9.47 Å². The predicted octanol–water partition coefficient (Wildman–Crippen LogP) is 3.74. The Morgan fingerprint density at radius 2 is 1.86 bits per heavy atom. The third kappa shape index (κ3) is 4.78. The Hall–Kier alpha value is -3.32. The largest absolute Gasteiger partial charge is 0.493 e. The molecule has 0 bridgehead atoms. The smallest absolute Gasteiger partial charge is 0.417 e. The first-order valence-electron chi connectivity index (χ1n) is 10.2. The molecule has 8 nitrogen and oxygen atoms in total. The van der Waals surface area contributed by atoms with Gasteiger partial charge in [-0.15, -0.1) is 0 Å². The summed E-state index contributed by atoms with van der Waals surface area (Å²) < 4.78 is 80.4. The number of aromatic nitrogens is 1. The van der Waals surface area contributed by atoms with Gasteiger partial charge in [-0.1, -0.05) is 13.0 Å². The summed E-state index contributed by atoms with van der Waals surface area (Å²) in [7, 11) is 2.23. The third-order valence-electron chi connectivity index (χ3n) is 6.03. The van der Waals surface area contributed by atoms with Crippen LogP contribution in [0.25, 0.3) is 0 Å². The number of nitrogens with one attached hydrogen (secondary N) is 2. The molecule has 2 aromatic rings. The molecule has 0 radical (unpaired) electrons. The number of pyridine rings is 1. The van der Waals surface area contributed by atoms with Crippen LogP contribution in [-0.4, -0.2) is 48.9 Å². The number of amides is 2. The Bertz CT molecular complexity index is 1130. The van der Waals surface area contributed by atoms with Crippen molar-refractivity contribution < 1.29 is 45.9 Å². The van der Waals surface area contributed by atoms with Crippen molar-refractivity contribution in [3.63, 3.8) is 0 Å². The molecule has 0 saturated carbocycles. The minimum absolute atomic E-state index is 0.0270.